The zero-order valence-electron chi connectivity index (χ0n) is 7.77. The van der Waals surface area contributed by atoms with Gasteiger partial charge in [0.1, 0.15) is 0 Å². The molecule has 2 nitrogen and oxygen atoms in total. The zero-order valence-corrected chi connectivity index (χ0v) is 7.77. The molecule has 0 bridgehead atoms. The van der Waals surface area contributed by atoms with Crippen molar-refractivity contribution >= 4 is 0 Å². The summed E-state index contributed by atoms with van der Waals surface area (Å²) in [6, 6.07) is 8.05. The second kappa shape index (κ2) is 2.91. The first-order valence-electron chi connectivity index (χ1n) is 4.83. The number of hydrogen-bond donors (Lipinski definition) is 0. The average molecular weight is 182 g/mol. The molecule has 0 radical (unpaired) electrons. The number of hydrogen-bond acceptors (Lipinski definition) is 2. The summed E-state index contributed by atoms with van der Waals surface area (Å²) in [6.45, 7) is 0. The molecule has 2 heteroatoms. The highest BCUT2D eigenvalue weighted by Gasteiger charge is 2.18. The molecule has 0 atom stereocenters. The molecule has 0 saturated heterocycles. The third-order valence-corrected chi connectivity index (χ3v) is 2.70. The van der Waals surface area contributed by atoms with Crippen molar-refractivity contribution in [3.63, 3.8) is 0 Å². The Morgan fingerprint density at radius 3 is 2.64 bits per heavy atom. The van der Waals surface area contributed by atoms with E-state index in [9.17, 15) is 0 Å². The lowest BCUT2D eigenvalue weighted by molar-refractivity contribution is 0.829. The Kier molecular flexibility index (Phi) is 1.60. The van der Waals surface area contributed by atoms with Crippen LogP contribution in [-0.4, -0.2) is 9.97 Å². The molecule has 1 aliphatic rings. The van der Waals surface area contributed by atoms with Gasteiger partial charge < -0.3 is 0 Å². The molecule has 0 saturated carbocycles. The van der Waals surface area contributed by atoms with Crippen LogP contribution >= 0.6 is 0 Å². The molecule has 2 heterocycles. The second-order valence-electron chi connectivity index (χ2n) is 3.51. The van der Waals surface area contributed by atoms with E-state index in [2.05, 4.69) is 16.0 Å². The highest BCUT2D eigenvalue weighted by Crippen LogP contribution is 2.30. The molecule has 14 heavy (non-hydrogen) atoms. The Hall–Kier alpha value is -1.70. The van der Waals surface area contributed by atoms with Gasteiger partial charge in [0.15, 0.2) is 0 Å². The summed E-state index contributed by atoms with van der Waals surface area (Å²) in [5, 5.41) is 0. The van der Waals surface area contributed by atoms with Gasteiger partial charge in [-0.3, -0.25) is 9.97 Å². The van der Waals surface area contributed by atoms with E-state index in [4.69, 9.17) is 0 Å². The van der Waals surface area contributed by atoms with Gasteiger partial charge in [0, 0.05) is 12.4 Å². The molecule has 0 aliphatic heterocycles. The number of aryl methyl sites for hydroxylation is 1. The number of rotatable bonds is 1. The molecule has 68 valence electrons. The van der Waals surface area contributed by atoms with Crippen LogP contribution in [0.2, 0.25) is 0 Å². The highest BCUT2D eigenvalue weighted by atomic mass is 14.8. The van der Waals surface area contributed by atoms with E-state index >= 15 is 0 Å². The minimum absolute atomic E-state index is 0.990. The molecule has 0 aromatic carbocycles. The van der Waals surface area contributed by atoms with Crippen molar-refractivity contribution in [2.45, 2.75) is 12.8 Å². The summed E-state index contributed by atoms with van der Waals surface area (Å²) >= 11 is 0. The summed E-state index contributed by atoms with van der Waals surface area (Å²) in [7, 11) is 0. The van der Waals surface area contributed by atoms with Crippen molar-refractivity contribution in [3.05, 3.63) is 47.8 Å². The van der Waals surface area contributed by atoms with E-state index < -0.39 is 0 Å². The number of pyridine rings is 2. The summed E-state index contributed by atoms with van der Waals surface area (Å²) in [5.74, 6) is 0. The Morgan fingerprint density at radius 1 is 0.929 bits per heavy atom. The topological polar surface area (TPSA) is 25.8 Å². The largest absolute Gasteiger partial charge is 0.255 e. The van der Waals surface area contributed by atoms with E-state index in [1.807, 2.05) is 30.6 Å². The van der Waals surface area contributed by atoms with Gasteiger partial charge in [0.25, 0.3) is 0 Å². The Morgan fingerprint density at radius 2 is 1.93 bits per heavy atom. The molecule has 0 N–H and O–H groups in total. The van der Waals surface area contributed by atoms with Crippen LogP contribution in [0.1, 0.15) is 11.1 Å². The fraction of sp³-hybridized carbons (Fsp3) is 0.167. The quantitative estimate of drug-likeness (QED) is 0.676. The Balaban J connectivity index is 2.18. The van der Waals surface area contributed by atoms with E-state index in [-0.39, 0.29) is 0 Å². The maximum absolute atomic E-state index is 4.40. The highest BCUT2D eigenvalue weighted by molar-refractivity contribution is 5.62. The Labute approximate surface area is 82.7 Å². The molecule has 0 spiro atoms. The first-order valence-corrected chi connectivity index (χ1v) is 4.83. The molecule has 0 fully saturated rings. The summed E-state index contributed by atoms with van der Waals surface area (Å²) in [5.41, 5.74) is 4.87. The molecular formula is C12H10N2. The van der Waals surface area contributed by atoms with Crippen molar-refractivity contribution in [1.82, 2.24) is 9.97 Å². The lowest BCUT2D eigenvalue weighted by Gasteiger charge is -2.20. The van der Waals surface area contributed by atoms with Gasteiger partial charge in [0.2, 0.25) is 0 Å². The van der Waals surface area contributed by atoms with Crippen LogP contribution < -0.4 is 0 Å². The number of fused-ring (bicyclic) bond motifs is 1. The number of nitrogens with zero attached hydrogens (tertiary/aromatic N) is 2. The lowest BCUT2D eigenvalue weighted by atomic mass is 9.87. The third-order valence-electron chi connectivity index (χ3n) is 2.70. The third kappa shape index (κ3) is 1.04. The van der Waals surface area contributed by atoms with Gasteiger partial charge in [-0.15, -0.1) is 0 Å². The maximum atomic E-state index is 4.40. The minimum Gasteiger partial charge on any atom is -0.255 e. The smallest absolute Gasteiger partial charge is 0.0920 e. The molecule has 2 aromatic rings. The van der Waals surface area contributed by atoms with E-state index in [0.717, 1.165) is 17.8 Å². The maximum Gasteiger partial charge on any atom is 0.0920 e. The monoisotopic (exact) mass is 182 g/mol. The van der Waals surface area contributed by atoms with Gasteiger partial charge >= 0.3 is 0 Å². The van der Waals surface area contributed by atoms with Crippen LogP contribution in [-0.2, 0) is 12.8 Å². The molecular weight excluding hydrogens is 172 g/mol. The SMILES string of the molecule is c1ccc(-c2nccc3c2CC3)nc1. The van der Waals surface area contributed by atoms with Crippen LogP contribution in [0.3, 0.4) is 0 Å². The van der Waals surface area contributed by atoms with Gasteiger partial charge in [-0.05, 0) is 42.2 Å². The van der Waals surface area contributed by atoms with Crippen LogP contribution in [0.5, 0.6) is 0 Å². The summed E-state index contributed by atoms with van der Waals surface area (Å²) < 4.78 is 0. The minimum atomic E-state index is 0.990. The van der Waals surface area contributed by atoms with Crippen molar-refractivity contribution in [2.75, 3.05) is 0 Å². The van der Waals surface area contributed by atoms with Crippen molar-refractivity contribution in [3.8, 4) is 11.4 Å². The molecule has 3 rings (SSSR count). The molecule has 0 amide bonds. The Bertz CT molecular complexity index is 463. The fourth-order valence-electron chi connectivity index (χ4n) is 1.85. The standard InChI is InChI=1S/C12H10N2/c1-2-7-13-11(3-1)12-10-5-4-9(10)6-8-14-12/h1-3,6-8H,4-5H2. The molecule has 1 aliphatic carbocycles. The van der Waals surface area contributed by atoms with E-state index in [1.165, 1.54) is 17.5 Å². The van der Waals surface area contributed by atoms with Crippen LogP contribution in [0.15, 0.2) is 36.7 Å². The summed E-state index contributed by atoms with van der Waals surface area (Å²) in [4.78, 5) is 8.72. The van der Waals surface area contributed by atoms with Crippen LogP contribution in [0, 0.1) is 0 Å². The zero-order chi connectivity index (χ0) is 9.38. The van der Waals surface area contributed by atoms with Gasteiger partial charge in [-0.2, -0.15) is 0 Å². The van der Waals surface area contributed by atoms with E-state index in [1.54, 1.807) is 0 Å². The fourth-order valence-corrected chi connectivity index (χ4v) is 1.85. The average Bonchev–Trinajstić information content (AvgIpc) is 2.21. The first kappa shape index (κ1) is 7.68. The van der Waals surface area contributed by atoms with Crippen LogP contribution in [0.25, 0.3) is 11.4 Å². The number of aromatic nitrogens is 2. The second-order valence-corrected chi connectivity index (χ2v) is 3.51. The summed E-state index contributed by atoms with van der Waals surface area (Å²) in [6.07, 6.45) is 6.03. The van der Waals surface area contributed by atoms with E-state index in [0.29, 0.717) is 0 Å². The lowest BCUT2D eigenvalue weighted by Crippen LogP contribution is -2.11. The van der Waals surface area contributed by atoms with Gasteiger partial charge in [-0.25, -0.2) is 0 Å². The van der Waals surface area contributed by atoms with Gasteiger partial charge in [-0.1, -0.05) is 6.07 Å². The molecule has 2 aromatic heterocycles. The van der Waals surface area contributed by atoms with Gasteiger partial charge in [0.05, 0.1) is 11.4 Å². The van der Waals surface area contributed by atoms with Crippen molar-refractivity contribution < 1.29 is 0 Å². The predicted molar refractivity (Wildman–Crippen MR) is 54.9 cm³/mol. The first-order chi connectivity index (χ1) is 6.95. The van der Waals surface area contributed by atoms with Crippen molar-refractivity contribution in [1.29, 1.82) is 0 Å². The predicted octanol–water partition coefficient (Wildman–Crippen LogP) is 2.24. The normalized spacial score (nSPS) is 13.1. The van der Waals surface area contributed by atoms with Crippen LogP contribution in [0.4, 0.5) is 0 Å². The molecule has 0 unspecified atom stereocenters. The van der Waals surface area contributed by atoms with Crippen molar-refractivity contribution in [2.24, 2.45) is 0 Å².